The van der Waals surface area contributed by atoms with Gasteiger partial charge in [0.1, 0.15) is 18.9 Å². The molecule has 1 heterocycles. The minimum Gasteiger partial charge on any atom is -0.493 e. The fourth-order valence-corrected chi connectivity index (χ4v) is 4.12. The smallest absolute Gasteiger partial charge is 0.318 e. The summed E-state index contributed by atoms with van der Waals surface area (Å²) in [6, 6.07) is 11.7. The Hall–Kier alpha value is -1.95. The van der Waals surface area contributed by atoms with E-state index in [1.54, 1.807) is 11.3 Å². The van der Waals surface area contributed by atoms with Gasteiger partial charge in [-0.25, -0.2) is 4.72 Å². The van der Waals surface area contributed by atoms with E-state index >= 15 is 0 Å². The molecule has 30 heavy (non-hydrogen) atoms. The monoisotopic (exact) mass is 520 g/mol. The highest BCUT2D eigenvalue weighted by molar-refractivity contribution is 9.11. The molecular formula is C19H29BrN4O4S2. The summed E-state index contributed by atoms with van der Waals surface area (Å²) in [5.74, 6) is -0.0648. The first-order valence-corrected chi connectivity index (χ1v) is 11.6. The lowest BCUT2D eigenvalue weighted by atomic mass is 10.2. The molecule has 0 amide bonds. The maximum atomic E-state index is 10.1. The van der Waals surface area contributed by atoms with Crippen molar-refractivity contribution in [3.8, 4) is 5.75 Å². The molecule has 0 fully saturated rings. The number of thiophene rings is 1. The van der Waals surface area contributed by atoms with Crippen LogP contribution >= 0.6 is 39.2 Å². The molecule has 0 aliphatic carbocycles. The molecule has 0 aliphatic heterocycles. The van der Waals surface area contributed by atoms with Crippen LogP contribution in [0.4, 0.5) is 0 Å². The molecule has 1 aromatic heterocycles. The summed E-state index contributed by atoms with van der Waals surface area (Å²) in [6.45, 7) is 7.01. The third-order valence-corrected chi connectivity index (χ3v) is 5.33. The van der Waals surface area contributed by atoms with Crippen LogP contribution in [0.3, 0.4) is 0 Å². The maximum Gasteiger partial charge on any atom is 0.318 e. The third-order valence-electron chi connectivity index (χ3n) is 2.78. The van der Waals surface area contributed by atoms with Gasteiger partial charge in [0, 0.05) is 6.42 Å². The number of ether oxygens (including phenoxy) is 1. The Labute approximate surface area is 194 Å². The van der Waals surface area contributed by atoms with Gasteiger partial charge in [0.25, 0.3) is 0 Å². The Balaban J connectivity index is 0.000000535. The highest BCUT2D eigenvalue weighted by atomic mass is 79.9. The van der Waals surface area contributed by atoms with E-state index in [4.69, 9.17) is 26.1 Å². The molecular weight excluding hydrogens is 492 g/mol. The molecule has 0 saturated carbocycles. The van der Waals surface area contributed by atoms with Crippen molar-refractivity contribution in [2.24, 2.45) is 16.6 Å². The number of nitrogens with two attached hydrogens (primary N) is 2. The van der Waals surface area contributed by atoms with Gasteiger partial charge in [-0.2, -0.15) is 0 Å². The molecule has 0 saturated heterocycles. The number of carboxylic acid groups (broad SMARTS) is 1. The molecule has 0 radical (unpaired) electrons. The van der Waals surface area contributed by atoms with Gasteiger partial charge in [-0.1, -0.05) is 31.5 Å². The van der Waals surface area contributed by atoms with Gasteiger partial charge in [0.2, 0.25) is 5.96 Å². The SMILES string of the molecule is CC.Cc1ccc(OCCCON=C(N)N)cc1.O=C(O)CNSc1ccc(Br)s1. The average Bonchev–Trinajstić information content (AvgIpc) is 3.12. The van der Waals surface area contributed by atoms with E-state index in [1.807, 2.05) is 57.2 Å². The standard InChI is InChI=1S/C11H17N3O2.C6H6BrNO2S2.C2H6/c1-9-3-5-10(6-4-9)15-7-2-8-16-14-11(12)13;7-4-1-2-6(11-4)12-8-3-5(9)10;1-2/h3-6H,2,7-8H2,1H3,(H4,12,13,14);1-2,8H,3H2,(H,9,10);1-2H3. The van der Waals surface area contributed by atoms with Crippen molar-refractivity contribution >= 4 is 51.1 Å². The summed E-state index contributed by atoms with van der Waals surface area (Å²) in [6.07, 6.45) is 0.727. The summed E-state index contributed by atoms with van der Waals surface area (Å²) < 4.78 is 10.3. The number of carboxylic acids is 1. The lowest BCUT2D eigenvalue weighted by Gasteiger charge is -2.05. The predicted octanol–water partition coefficient (Wildman–Crippen LogP) is 4.19. The molecule has 2 rings (SSSR count). The minimum atomic E-state index is -0.849. The Bertz CT molecular complexity index is 738. The number of benzene rings is 1. The molecule has 11 heteroatoms. The summed E-state index contributed by atoms with van der Waals surface area (Å²) in [5, 5.41) is 11.7. The molecule has 0 aliphatic rings. The third kappa shape index (κ3) is 15.9. The Morgan fingerprint density at radius 3 is 2.40 bits per heavy atom. The van der Waals surface area contributed by atoms with Gasteiger partial charge < -0.3 is 26.1 Å². The van der Waals surface area contributed by atoms with Crippen molar-refractivity contribution in [3.63, 3.8) is 0 Å². The highest BCUT2D eigenvalue weighted by Gasteiger charge is 1.99. The zero-order valence-electron chi connectivity index (χ0n) is 17.3. The van der Waals surface area contributed by atoms with Crippen LogP contribution in [0, 0.1) is 6.92 Å². The molecule has 0 bridgehead atoms. The normalized spacial score (nSPS) is 9.33. The molecule has 0 atom stereocenters. The number of halogens is 1. The van der Waals surface area contributed by atoms with Gasteiger partial charge in [-0.15, -0.1) is 11.3 Å². The van der Waals surface area contributed by atoms with Crippen molar-refractivity contribution in [1.82, 2.24) is 4.72 Å². The largest absolute Gasteiger partial charge is 0.493 e. The van der Waals surface area contributed by atoms with Crippen LogP contribution in [-0.4, -0.2) is 36.8 Å². The molecule has 8 nitrogen and oxygen atoms in total. The van der Waals surface area contributed by atoms with E-state index in [9.17, 15) is 4.79 Å². The van der Waals surface area contributed by atoms with Crippen LogP contribution in [0.2, 0.25) is 0 Å². The van der Waals surface area contributed by atoms with Gasteiger partial charge >= 0.3 is 5.97 Å². The van der Waals surface area contributed by atoms with Crippen molar-refractivity contribution in [3.05, 3.63) is 45.7 Å². The minimum absolute atomic E-state index is 0.0276. The van der Waals surface area contributed by atoms with Crippen LogP contribution in [-0.2, 0) is 9.63 Å². The lowest BCUT2D eigenvalue weighted by molar-refractivity contribution is -0.135. The van der Waals surface area contributed by atoms with Crippen molar-refractivity contribution < 1.29 is 19.5 Å². The lowest BCUT2D eigenvalue weighted by Crippen LogP contribution is -2.23. The number of nitrogens with zero attached hydrogens (tertiary/aromatic N) is 1. The number of oxime groups is 1. The predicted molar refractivity (Wildman–Crippen MR) is 128 cm³/mol. The average molecular weight is 522 g/mol. The zero-order valence-corrected chi connectivity index (χ0v) is 20.5. The number of aryl methyl sites for hydroxylation is 1. The fourth-order valence-electron chi connectivity index (χ4n) is 1.59. The second-order valence-electron chi connectivity index (χ2n) is 5.24. The summed E-state index contributed by atoms with van der Waals surface area (Å²) in [7, 11) is 0. The Morgan fingerprint density at radius 1 is 1.20 bits per heavy atom. The van der Waals surface area contributed by atoms with E-state index < -0.39 is 5.97 Å². The molecule has 0 unspecified atom stereocenters. The van der Waals surface area contributed by atoms with E-state index in [2.05, 4.69) is 25.8 Å². The first kappa shape index (κ1) is 28.1. The van der Waals surface area contributed by atoms with Gasteiger partial charge in [0.15, 0.2) is 0 Å². The Morgan fingerprint density at radius 2 is 1.87 bits per heavy atom. The second-order valence-corrected chi connectivity index (χ2v) is 8.89. The number of nitrogens with one attached hydrogen (secondary N) is 1. The highest BCUT2D eigenvalue weighted by Crippen LogP contribution is 2.28. The van der Waals surface area contributed by atoms with Crippen LogP contribution in [0.25, 0.3) is 0 Å². The molecule has 1 aromatic carbocycles. The second kappa shape index (κ2) is 17.9. The van der Waals surface area contributed by atoms with Crippen LogP contribution in [0.5, 0.6) is 5.75 Å². The molecule has 6 N–H and O–H groups in total. The van der Waals surface area contributed by atoms with E-state index in [-0.39, 0.29) is 12.5 Å². The number of carbonyl (C=O) groups is 1. The van der Waals surface area contributed by atoms with Crippen molar-refractivity contribution in [2.45, 2.75) is 31.4 Å². The summed E-state index contributed by atoms with van der Waals surface area (Å²) >= 11 is 6.20. The summed E-state index contributed by atoms with van der Waals surface area (Å²) in [5.41, 5.74) is 11.4. The maximum absolute atomic E-state index is 10.1. The molecule has 0 spiro atoms. The van der Waals surface area contributed by atoms with Gasteiger partial charge in [0.05, 0.1) is 14.6 Å². The van der Waals surface area contributed by atoms with Crippen LogP contribution < -0.4 is 20.9 Å². The van der Waals surface area contributed by atoms with Crippen molar-refractivity contribution in [2.75, 3.05) is 19.8 Å². The molecule has 2 aromatic rings. The van der Waals surface area contributed by atoms with Gasteiger partial charge in [-0.05, 0) is 64.2 Å². The summed E-state index contributed by atoms with van der Waals surface area (Å²) in [4.78, 5) is 14.9. The van der Waals surface area contributed by atoms with Crippen LogP contribution in [0.1, 0.15) is 25.8 Å². The van der Waals surface area contributed by atoms with Gasteiger partial charge in [-0.3, -0.25) is 4.79 Å². The Kier molecular flexibility index (Phi) is 16.7. The fraction of sp³-hybridized carbons (Fsp3) is 0.368. The van der Waals surface area contributed by atoms with E-state index in [0.717, 1.165) is 20.2 Å². The zero-order chi connectivity index (χ0) is 22.8. The van der Waals surface area contributed by atoms with Crippen molar-refractivity contribution in [1.29, 1.82) is 0 Å². The number of hydrogen-bond acceptors (Lipinski definition) is 7. The first-order valence-electron chi connectivity index (χ1n) is 9.14. The number of aliphatic carboxylic acids is 1. The quantitative estimate of drug-likeness (QED) is 0.120. The van der Waals surface area contributed by atoms with E-state index in [1.165, 1.54) is 17.5 Å². The van der Waals surface area contributed by atoms with Crippen LogP contribution in [0.15, 0.2) is 49.5 Å². The number of hydrogen-bond donors (Lipinski definition) is 4. The molecule has 168 valence electrons. The number of rotatable bonds is 10. The first-order chi connectivity index (χ1) is 14.4. The van der Waals surface area contributed by atoms with E-state index in [0.29, 0.717) is 13.2 Å². The topological polar surface area (TPSA) is 132 Å². The number of guanidine groups is 1.